The molecule has 1 amide bonds. The summed E-state index contributed by atoms with van der Waals surface area (Å²) >= 11 is 0. The van der Waals surface area contributed by atoms with Gasteiger partial charge in [0.1, 0.15) is 23.1 Å². The van der Waals surface area contributed by atoms with Crippen molar-refractivity contribution in [1.29, 1.82) is 0 Å². The molecule has 1 aromatic rings. The first kappa shape index (κ1) is 24.8. The van der Waals surface area contributed by atoms with E-state index < -0.39 is 29.3 Å². The van der Waals surface area contributed by atoms with Crippen molar-refractivity contribution in [3.63, 3.8) is 0 Å². The van der Waals surface area contributed by atoms with E-state index in [1.54, 1.807) is 53.7 Å². The number of hydrogen-bond acceptors (Lipinski definition) is 6. The van der Waals surface area contributed by atoms with Gasteiger partial charge in [-0.3, -0.25) is 4.79 Å². The molecule has 0 heterocycles. The molecule has 0 aliphatic heterocycles. The maximum Gasteiger partial charge on any atom is 0.410 e. The monoisotopic (exact) mass is 411 g/mol. The van der Waals surface area contributed by atoms with Gasteiger partial charge in [0, 0.05) is 26.2 Å². The minimum Gasteiger partial charge on any atom is -0.459 e. The minimum absolute atomic E-state index is 0.216. The number of benzene rings is 1. The maximum atomic E-state index is 13.1. The van der Waals surface area contributed by atoms with E-state index in [-0.39, 0.29) is 18.9 Å². The molecule has 3 N–H and O–H groups in total. The van der Waals surface area contributed by atoms with Gasteiger partial charge in [-0.2, -0.15) is 0 Å². The summed E-state index contributed by atoms with van der Waals surface area (Å²) in [6.07, 6.45) is -0.472. The molecule has 1 unspecified atom stereocenters. The quantitative estimate of drug-likeness (QED) is 0.505. The third-order valence-electron chi connectivity index (χ3n) is 3.57. The van der Waals surface area contributed by atoms with Gasteiger partial charge in [0.2, 0.25) is 0 Å². The number of ether oxygens (including phenoxy) is 2. The van der Waals surface area contributed by atoms with E-state index in [0.717, 1.165) is 5.56 Å². The molecule has 0 aliphatic rings. The van der Waals surface area contributed by atoms with Crippen molar-refractivity contribution in [3.05, 3.63) is 35.6 Å². The number of halogens is 1. The molecule has 0 saturated heterocycles. The van der Waals surface area contributed by atoms with Gasteiger partial charge in [-0.05, 0) is 59.2 Å². The van der Waals surface area contributed by atoms with E-state index in [1.807, 2.05) is 0 Å². The summed E-state index contributed by atoms with van der Waals surface area (Å²) in [6.45, 7) is 11.9. The molecule has 0 saturated carbocycles. The Labute approximate surface area is 172 Å². The van der Waals surface area contributed by atoms with E-state index in [2.05, 4.69) is 5.32 Å². The lowest BCUT2D eigenvalue weighted by molar-refractivity contribution is -0.156. The van der Waals surface area contributed by atoms with Crippen molar-refractivity contribution in [1.82, 2.24) is 10.2 Å². The third-order valence-corrected chi connectivity index (χ3v) is 3.57. The molecule has 29 heavy (non-hydrogen) atoms. The first-order valence-electron chi connectivity index (χ1n) is 9.68. The molecule has 0 radical (unpaired) electrons. The number of nitrogens with two attached hydrogens (primary N) is 1. The van der Waals surface area contributed by atoms with Crippen LogP contribution in [0, 0.1) is 5.82 Å². The van der Waals surface area contributed by atoms with Gasteiger partial charge in [0.25, 0.3) is 0 Å². The van der Waals surface area contributed by atoms with Gasteiger partial charge < -0.3 is 25.4 Å². The summed E-state index contributed by atoms with van der Waals surface area (Å²) in [5.74, 6) is -0.823. The van der Waals surface area contributed by atoms with Crippen LogP contribution in [-0.2, 0) is 20.8 Å². The Morgan fingerprint density at radius 3 is 2.14 bits per heavy atom. The Morgan fingerprint density at radius 1 is 1.07 bits per heavy atom. The molecular formula is C21H34FN3O4. The topological polar surface area (TPSA) is 93.9 Å². The Kier molecular flexibility index (Phi) is 9.04. The number of amides is 1. The van der Waals surface area contributed by atoms with E-state index in [9.17, 15) is 14.0 Å². The van der Waals surface area contributed by atoms with E-state index in [0.29, 0.717) is 13.1 Å². The van der Waals surface area contributed by atoms with Crippen LogP contribution in [0.3, 0.4) is 0 Å². The van der Waals surface area contributed by atoms with Crippen LogP contribution in [0.2, 0.25) is 0 Å². The van der Waals surface area contributed by atoms with Crippen LogP contribution < -0.4 is 11.1 Å². The Morgan fingerprint density at radius 2 is 1.62 bits per heavy atom. The molecule has 7 nitrogen and oxygen atoms in total. The first-order chi connectivity index (χ1) is 13.3. The molecule has 0 aliphatic carbocycles. The van der Waals surface area contributed by atoms with Gasteiger partial charge in [0.15, 0.2) is 0 Å². The largest absolute Gasteiger partial charge is 0.459 e. The standard InChI is InChI=1S/C21H34FN3O4/c1-20(2,3)28-18(26)17(23)13-24-11-12-25(19(27)29-21(4,5)6)14-15-7-9-16(22)10-8-15/h7-10,17,24H,11-14,23H2,1-6H3. The second-order valence-electron chi connectivity index (χ2n) is 8.87. The summed E-state index contributed by atoms with van der Waals surface area (Å²) < 4.78 is 23.8. The zero-order chi connectivity index (χ0) is 22.2. The van der Waals surface area contributed by atoms with Crippen LogP contribution in [0.25, 0.3) is 0 Å². The molecule has 1 aromatic carbocycles. The first-order valence-corrected chi connectivity index (χ1v) is 9.68. The summed E-state index contributed by atoms with van der Waals surface area (Å²) in [5.41, 5.74) is 5.39. The number of rotatable bonds is 8. The maximum absolute atomic E-state index is 13.1. The van der Waals surface area contributed by atoms with E-state index in [4.69, 9.17) is 15.2 Å². The lowest BCUT2D eigenvalue weighted by Gasteiger charge is -2.28. The average Bonchev–Trinajstić information content (AvgIpc) is 2.56. The molecule has 0 spiro atoms. The van der Waals surface area contributed by atoms with Gasteiger partial charge in [-0.1, -0.05) is 12.1 Å². The average molecular weight is 412 g/mol. The second-order valence-corrected chi connectivity index (χ2v) is 8.87. The van der Waals surface area contributed by atoms with Crippen molar-refractivity contribution < 1.29 is 23.5 Å². The Bertz CT molecular complexity index is 666. The van der Waals surface area contributed by atoms with Crippen LogP contribution in [0.5, 0.6) is 0 Å². The predicted molar refractivity (Wildman–Crippen MR) is 110 cm³/mol. The van der Waals surface area contributed by atoms with Gasteiger partial charge in [-0.15, -0.1) is 0 Å². The zero-order valence-electron chi connectivity index (χ0n) is 18.3. The fraction of sp³-hybridized carbons (Fsp3) is 0.619. The molecule has 1 rings (SSSR count). The van der Waals surface area contributed by atoms with Crippen LogP contribution >= 0.6 is 0 Å². The smallest absolute Gasteiger partial charge is 0.410 e. The summed E-state index contributed by atoms with van der Waals surface area (Å²) in [6, 6.07) is 5.14. The van der Waals surface area contributed by atoms with Crippen molar-refractivity contribution in [2.24, 2.45) is 5.73 Å². The van der Waals surface area contributed by atoms with E-state index >= 15 is 0 Å². The van der Waals surface area contributed by atoms with Crippen molar-refractivity contribution >= 4 is 12.1 Å². The molecule has 0 bridgehead atoms. The highest BCUT2D eigenvalue weighted by molar-refractivity contribution is 5.76. The van der Waals surface area contributed by atoms with Crippen LogP contribution in [-0.4, -0.2) is 53.8 Å². The second kappa shape index (κ2) is 10.5. The Hall–Kier alpha value is -2.19. The molecule has 0 fully saturated rings. The summed E-state index contributed by atoms with van der Waals surface area (Å²) in [4.78, 5) is 26.0. The number of nitrogens with one attached hydrogen (secondary N) is 1. The van der Waals surface area contributed by atoms with Crippen molar-refractivity contribution in [2.45, 2.75) is 65.3 Å². The normalized spacial score (nSPS) is 13.0. The van der Waals surface area contributed by atoms with Crippen molar-refractivity contribution in [3.8, 4) is 0 Å². The number of nitrogens with zero attached hydrogens (tertiary/aromatic N) is 1. The minimum atomic E-state index is -0.804. The lowest BCUT2D eigenvalue weighted by atomic mass is 10.2. The molecule has 1 atom stereocenters. The third kappa shape index (κ3) is 10.8. The SMILES string of the molecule is CC(C)(C)OC(=O)C(N)CNCCN(Cc1ccc(F)cc1)C(=O)OC(C)(C)C. The molecule has 8 heteroatoms. The van der Waals surface area contributed by atoms with Crippen LogP contribution in [0.1, 0.15) is 47.1 Å². The number of esters is 1. The highest BCUT2D eigenvalue weighted by Crippen LogP contribution is 2.13. The number of carbonyl (C=O) groups is 2. The fourth-order valence-electron chi connectivity index (χ4n) is 2.30. The molecular weight excluding hydrogens is 377 g/mol. The van der Waals surface area contributed by atoms with Gasteiger partial charge in [0.05, 0.1) is 0 Å². The number of hydrogen-bond donors (Lipinski definition) is 2. The lowest BCUT2D eigenvalue weighted by Crippen LogP contribution is -2.46. The van der Waals surface area contributed by atoms with Gasteiger partial charge >= 0.3 is 12.1 Å². The van der Waals surface area contributed by atoms with Crippen molar-refractivity contribution in [2.75, 3.05) is 19.6 Å². The summed E-state index contributed by atoms with van der Waals surface area (Å²) in [5, 5.41) is 3.06. The molecule has 0 aromatic heterocycles. The zero-order valence-corrected chi connectivity index (χ0v) is 18.3. The highest BCUT2D eigenvalue weighted by atomic mass is 19.1. The van der Waals surface area contributed by atoms with E-state index in [1.165, 1.54) is 17.0 Å². The predicted octanol–water partition coefficient (Wildman–Crippen LogP) is 2.82. The molecule has 164 valence electrons. The number of carbonyl (C=O) groups excluding carboxylic acids is 2. The Balaban J connectivity index is 2.61. The van der Waals surface area contributed by atoms with Crippen LogP contribution in [0.15, 0.2) is 24.3 Å². The highest BCUT2D eigenvalue weighted by Gasteiger charge is 2.24. The fourth-order valence-corrected chi connectivity index (χ4v) is 2.30. The van der Waals surface area contributed by atoms with Crippen LogP contribution in [0.4, 0.5) is 9.18 Å². The van der Waals surface area contributed by atoms with Gasteiger partial charge in [-0.25, -0.2) is 9.18 Å². The summed E-state index contributed by atoms with van der Waals surface area (Å²) in [7, 11) is 0.